The van der Waals surface area contributed by atoms with Crippen molar-refractivity contribution < 1.29 is 0 Å². The van der Waals surface area contributed by atoms with Gasteiger partial charge in [-0.15, -0.1) is 16.4 Å². The topological polar surface area (TPSA) is 64.7 Å². The van der Waals surface area contributed by atoms with Crippen molar-refractivity contribution in [2.45, 2.75) is 38.9 Å². The van der Waals surface area contributed by atoms with Crippen LogP contribution in [0.15, 0.2) is 54.0 Å². The number of tetrazole rings is 1. The van der Waals surface area contributed by atoms with Crippen LogP contribution in [0, 0.1) is 0 Å². The molecule has 4 heterocycles. The SMILES string of the molecule is CC(C)c1nn(-c2ccccc2)cc1CN1CCn2nnnc2C1c1cccs1. The third kappa shape index (κ3) is 3.38. The zero-order valence-electron chi connectivity index (χ0n) is 16.5. The van der Waals surface area contributed by atoms with E-state index in [9.17, 15) is 0 Å². The number of para-hydroxylation sites is 1. The molecule has 5 rings (SSSR count). The molecule has 0 saturated carbocycles. The first kappa shape index (κ1) is 18.2. The van der Waals surface area contributed by atoms with E-state index in [1.807, 2.05) is 27.6 Å². The Labute approximate surface area is 173 Å². The summed E-state index contributed by atoms with van der Waals surface area (Å²) in [5, 5.41) is 19.5. The number of aromatic nitrogens is 6. The van der Waals surface area contributed by atoms with E-state index >= 15 is 0 Å². The molecule has 7 nitrogen and oxygen atoms in total. The minimum absolute atomic E-state index is 0.0684. The summed E-state index contributed by atoms with van der Waals surface area (Å²) in [6.07, 6.45) is 2.17. The summed E-state index contributed by atoms with van der Waals surface area (Å²) in [7, 11) is 0. The molecule has 1 aliphatic heterocycles. The zero-order chi connectivity index (χ0) is 19.8. The standard InChI is InChI=1S/C21H23N7S/c1-15(2)19-16(14-28(23-19)17-7-4-3-5-8-17)13-26-10-11-27-21(22-24-25-27)20(26)18-9-6-12-29-18/h3-9,12,14-15,20H,10-11,13H2,1-2H3. The molecule has 148 valence electrons. The van der Waals surface area contributed by atoms with Crippen molar-refractivity contribution >= 4 is 11.3 Å². The molecule has 1 atom stereocenters. The van der Waals surface area contributed by atoms with E-state index in [4.69, 9.17) is 5.10 Å². The highest BCUT2D eigenvalue weighted by Gasteiger charge is 2.33. The van der Waals surface area contributed by atoms with E-state index in [0.29, 0.717) is 5.92 Å². The zero-order valence-corrected chi connectivity index (χ0v) is 17.3. The molecule has 1 aromatic carbocycles. The van der Waals surface area contributed by atoms with Crippen LogP contribution < -0.4 is 0 Å². The Morgan fingerprint density at radius 1 is 1.10 bits per heavy atom. The smallest absolute Gasteiger partial charge is 0.173 e. The van der Waals surface area contributed by atoms with Gasteiger partial charge in [0, 0.05) is 29.7 Å². The van der Waals surface area contributed by atoms with Crippen molar-refractivity contribution in [2.24, 2.45) is 0 Å². The van der Waals surface area contributed by atoms with Crippen molar-refractivity contribution in [1.29, 1.82) is 0 Å². The maximum Gasteiger partial charge on any atom is 0.173 e. The highest BCUT2D eigenvalue weighted by atomic mass is 32.1. The van der Waals surface area contributed by atoms with Gasteiger partial charge in [-0.2, -0.15) is 5.10 Å². The fraction of sp³-hybridized carbons (Fsp3) is 0.333. The Balaban J connectivity index is 1.51. The van der Waals surface area contributed by atoms with Crippen LogP contribution >= 0.6 is 11.3 Å². The molecule has 3 aromatic heterocycles. The Hall–Kier alpha value is -2.84. The molecule has 0 aliphatic carbocycles. The van der Waals surface area contributed by atoms with Gasteiger partial charge in [0.15, 0.2) is 5.82 Å². The Bertz CT molecular complexity index is 1080. The van der Waals surface area contributed by atoms with E-state index in [-0.39, 0.29) is 6.04 Å². The number of benzene rings is 1. The average molecular weight is 406 g/mol. The van der Waals surface area contributed by atoms with Crippen molar-refractivity contribution in [1.82, 2.24) is 34.9 Å². The van der Waals surface area contributed by atoms with Crippen LogP contribution in [0.4, 0.5) is 0 Å². The molecule has 0 saturated heterocycles. The predicted octanol–water partition coefficient (Wildman–Crippen LogP) is 3.65. The third-order valence-electron chi connectivity index (χ3n) is 5.34. The van der Waals surface area contributed by atoms with E-state index < -0.39 is 0 Å². The Morgan fingerprint density at radius 2 is 1.97 bits per heavy atom. The molecule has 4 aromatic rings. The van der Waals surface area contributed by atoms with Crippen molar-refractivity contribution in [2.75, 3.05) is 6.54 Å². The quantitative estimate of drug-likeness (QED) is 0.507. The molecule has 0 spiro atoms. The lowest BCUT2D eigenvalue weighted by Gasteiger charge is -2.34. The van der Waals surface area contributed by atoms with Crippen LogP contribution in [0.5, 0.6) is 0 Å². The van der Waals surface area contributed by atoms with E-state index in [1.54, 1.807) is 11.3 Å². The van der Waals surface area contributed by atoms with Crippen molar-refractivity contribution in [3.05, 3.63) is 76.0 Å². The molecule has 1 aliphatic rings. The minimum atomic E-state index is 0.0684. The molecule has 0 fully saturated rings. The van der Waals surface area contributed by atoms with Gasteiger partial charge >= 0.3 is 0 Å². The first-order valence-corrected chi connectivity index (χ1v) is 10.8. The molecular weight excluding hydrogens is 382 g/mol. The van der Waals surface area contributed by atoms with Gasteiger partial charge in [0.25, 0.3) is 0 Å². The van der Waals surface area contributed by atoms with Crippen LogP contribution in [0.2, 0.25) is 0 Å². The van der Waals surface area contributed by atoms with Crippen LogP contribution in [0.1, 0.15) is 47.8 Å². The van der Waals surface area contributed by atoms with Crippen LogP contribution in [-0.2, 0) is 13.1 Å². The third-order valence-corrected chi connectivity index (χ3v) is 6.27. The van der Waals surface area contributed by atoms with Gasteiger partial charge in [-0.3, -0.25) is 4.90 Å². The van der Waals surface area contributed by atoms with Gasteiger partial charge < -0.3 is 0 Å². The number of nitrogens with zero attached hydrogens (tertiary/aromatic N) is 7. The monoisotopic (exact) mass is 405 g/mol. The molecule has 8 heteroatoms. The molecule has 0 radical (unpaired) electrons. The molecular formula is C21H23N7S. The lowest BCUT2D eigenvalue weighted by molar-refractivity contribution is 0.166. The maximum atomic E-state index is 4.91. The van der Waals surface area contributed by atoms with Gasteiger partial charge in [-0.25, -0.2) is 9.36 Å². The Morgan fingerprint density at radius 3 is 2.72 bits per heavy atom. The van der Waals surface area contributed by atoms with Gasteiger partial charge in [0.05, 0.1) is 17.9 Å². The second-order valence-corrected chi connectivity index (χ2v) is 8.60. The van der Waals surface area contributed by atoms with E-state index in [1.165, 1.54) is 10.4 Å². The summed E-state index contributed by atoms with van der Waals surface area (Å²) in [6.45, 7) is 6.92. The van der Waals surface area contributed by atoms with E-state index in [0.717, 1.165) is 36.8 Å². The highest BCUT2D eigenvalue weighted by Crippen LogP contribution is 2.34. The summed E-state index contributed by atoms with van der Waals surface area (Å²) in [6, 6.07) is 14.6. The average Bonchev–Trinajstić information content (AvgIpc) is 3.49. The van der Waals surface area contributed by atoms with Crippen LogP contribution in [0.3, 0.4) is 0 Å². The summed E-state index contributed by atoms with van der Waals surface area (Å²) in [5.41, 5.74) is 3.48. The summed E-state index contributed by atoms with van der Waals surface area (Å²) < 4.78 is 3.93. The summed E-state index contributed by atoms with van der Waals surface area (Å²) in [5.74, 6) is 1.27. The highest BCUT2D eigenvalue weighted by molar-refractivity contribution is 7.10. The maximum absolute atomic E-state index is 4.91. The largest absolute Gasteiger partial charge is 0.283 e. The number of rotatable bonds is 5. The fourth-order valence-electron chi connectivity index (χ4n) is 3.97. The van der Waals surface area contributed by atoms with Gasteiger partial charge in [0.2, 0.25) is 0 Å². The van der Waals surface area contributed by atoms with Crippen LogP contribution in [-0.4, -0.2) is 41.4 Å². The lowest BCUT2D eigenvalue weighted by Crippen LogP contribution is -2.38. The van der Waals surface area contributed by atoms with Gasteiger partial charge in [-0.1, -0.05) is 38.1 Å². The summed E-state index contributed by atoms with van der Waals surface area (Å²) >= 11 is 1.75. The molecule has 1 unspecified atom stereocenters. The number of hydrogen-bond acceptors (Lipinski definition) is 6. The van der Waals surface area contributed by atoms with Gasteiger partial charge in [0.1, 0.15) is 6.04 Å². The molecule has 0 N–H and O–H groups in total. The molecule has 29 heavy (non-hydrogen) atoms. The fourth-order valence-corrected chi connectivity index (χ4v) is 4.82. The Kier molecular flexibility index (Phi) is 4.73. The normalized spacial score (nSPS) is 17.0. The second-order valence-electron chi connectivity index (χ2n) is 7.62. The summed E-state index contributed by atoms with van der Waals surface area (Å²) in [4.78, 5) is 3.73. The van der Waals surface area contributed by atoms with Crippen molar-refractivity contribution in [3.8, 4) is 5.69 Å². The lowest BCUT2D eigenvalue weighted by atomic mass is 10.0. The second kappa shape index (κ2) is 7.53. The van der Waals surface area contributed by atoms with Crippen LogP contribution in [0.25, 0.3) is 5.69 Å². The first-order valence-electron chi connectivity index (χ1n) is 9.88. The number of fused-ring (bicyclic) bond motifs is 1. The van der Waals surface area contributed by atoms with E-state index in [2.05, 4.69) is 70.1 Å². The van der Waals surface area contributed by atoms with Gasteiger partial charge in [-0.05, 0) is 39.9 Å². The predicted molar refractivity (Wildman–Crippen MR) is 112 cm³/mol. The minimum Gasteiger partial charge on any atom is -0.283 e. The van der Waals surface area contributed by atoms with Crippen molar-refractivity contribution in [3.63, 3.8) is 0 Å². The number of thiophene rings is 1. The molecule has 0 amide bonds. The molecule has 0 bridgehead atoms. The number of hydrogen-bond donors (Lipinski definition) is 0. The first-order chi connectivity index (χ1) is 14.2.